The number of nitrogens with zero attached hydrogens (tertiary/aromatic N) is 1. The van der Waals surface area contributed by atoms with Gasteiger partial charge in [0, 0.05) is 37.3 Å². The largest absolute Gasteiger partial charge is 0.350 e. The third-order valence-electron chi connectivity index (χ3n) is 4.24. The number of anilines is 1. The molecule has 1 aliphatic heterocycles. The minimum absolute atomic E-state index is 0.0667. The van der Waals surface area contributed by atoms with E-state index < -0.39 is 24.3 Å². The van der Waals surface area contributed by atoms with Crippen LogP contribution in [-0.4, -0.2) is 43.3 Å². The predicted molar refractivity (Wildman–Crippen MR) is 93.1 cm³/mol. The highest BCUT2D eigenvalue weighted by molar-refractivity contribution is 6.01. The number of carbonyl (C=O) groups is 3. The van der Waals surface area contributed by atoms with E-state index in [4.69, 9.17) is 0 Å². The lowest BCUT2D eigenvalue weighted by Crippen LogP contribution is -2.47. The number of rotatable bonds is 5. The van der Waals surface area contributed by atoms with Gasteiger partial charge < -0.3 is 15.5 Å². The molecular weight excluding hydrogens is 344 g/mol. The molecule has 3 amide bonds. The van der Waals surface area contributed by atoms with E-state index >= 15 is 0 Å². The van der Waals surface area contributed by atoms with E-state index in [1.165, 1.54) is 11.0 Å². The van der Waals surface area contributed by atoms with E-state index in [1.54, 1.807) is 31.3 Å². The van der Waals surface area contributed by atoms with Crippen molar-refractivity contribution < 1.29 is 23.2 Å². The average Bonchev–Trinajstić information content (AvgIpc) is 2.76. The number of carbonyl (C=O) groups excluding carboxylic acids is 3. The third kappa shape index (κ3) is 4.65. The van der Waals surface area contributed by atoms with E-state index in [-0.39, 0.29) is 24.8 Å². The van der Waals surface area contributed by atoms with Crippen molar-refractivity contribution >= 4 is 23.4 Å². The van der Waals surface area contributed by atoms with Crippen molar-refractivity contribution in [1.82, 2.24) is 10.6 Å². The molecule has 0 aromatic heterocycles. The highest BCUT2D eigenvalue weighted by Gasteiger charge is 2.41. The van der Waals surface area contributed by atoms with E-state index in [9.17, 15) is 23.2 Å². The molecule has 1 heterocycles. The fourth-order valence-corrected chi connectivity index (χ4v) is 2.62. The van der Waals surface area contributed by atoms with Crippen LogP contribution in [0.15, 0.2) is 36.9 Å². The molecule has 1 aliphatic rings. The average molecular weight is 365 g/mol. The van der Waals surface area contributed by atoms with Crippen LogP contribution in [0.3, 0.4) is 0 Å². The third-order valence-corrected chi connectivity index (χ3v) is 4.24. The quantitative estimate of drug-likeness (QED) is 0.782. The van der Waals surface area contributed by atoms with Crippen molar-refractivity contribution in [3.05, 3.63) is 42.5 Å². The number of nitrogens with one attached hydrogen (secondary N) is 2. The first kappa shape index (κ1) is 19.6. The van der Waals surface area contributed by atoms with Crippen molar-refractivity contribution in [3.63, 3.8) is 0 Å². The SMILES string of the molecule is C=CC(=O)N(C)c1ccc(C(=O)NCC2CCCC(F)(F)C(=O)N2)cc1. The maximum absolute atomic E-state index is 13.3. The molecule has 0 radical (unpaired) electrons. The number of benzene rings is 1. The maximum Gasteiger partial charge on any atom is 0.324 e. The summed E-state index contributed by atoms with van der Waals surface area (Å²) in [6, 6.07) is 5.80. The van der Waals surface area contributed by atoms with Crippen LogP contribution in [0.5, 0.6) is 0 Å². The second kappa shape index (κ2) is 8.07. The number of amides is 3. The molecule has 26 heavy (non-hydrogen) atoms. The first-order valence-corrected chi connectivity index (χ1v) is 8.22. The Morgan fingerprint density at radius 3 is 2.65 bits per heavy atom. The van der Waals surface area contributed by atoms with Gasteiger partial charge in [0.1, 0.15) is 0 Å². The monoisotopic (exact) mass is 365 g/mol. The number of alkyl halides is 2. The summed E-state index contributed by atoms with van der Waals surface area (Å²) < 4.78 is 26.7. The van der Waals surface area contributed by atoms with Gasteiger partial charge in [-0.3, -0.25) is 14.4 Å². The van der Waals surface area contributed by atoms with Crippen LogP contribution in [0, 0.1) is 0 Å². The summed E-state index contributed by atoms with van der Waals surface area (Å²) in [6.07, 6.45) is 1.27. The zero-order valence-electron chi connectivity index (χ0n) is 14.4. The summed E-state index contributed by atoms with van der Waals surface area (Å²) in [4.78, 5) is 36.5. The standard InChI is InChI=1S/C18H21F2N3O3/c1-3-15(24)23(2)14-8-6-12(7-9-14)16(25)21-11-13-5-4-10-18(19,20)17(26)22-13/h3,6-9,13H,1,4-5,10-11H2,2H3,(H,21,25)(H,22,26). The maximum atomic E-state index is 13.3. The van der Waals surface area contributed by atoms with Gasteiger partial charge >= 0.3 is 5.92 Å². The normalized spacial score (nSPS) is 19.0. The summed E-state index contributed by atoms with van der Waals surface area (Å²) in [5, 5.41) is 4.89. The Labute approximate surface area is 150 Å². The van der Waals surface area contributed by atoms with Crippen LogP contribution in [0.4, 0.5) is 14.5 Å². The summed E-state index contributed by atoms with van der Waals surface area (Å²) in [7, 11) is 1.59. The van der Waals surface area contributed by atoms with Gasteiger partial charge in [-0.2, -0.15) is 8.78 Å². The van der Waals surface area contributed by atoms with Gasteiger partial charge in [0.05, 0.1) is 0 Å². The van der Waals surface area contributed by atoms with Crippen molar-refractivity contribution in [2.75, 3.05) is 18.5 Å². The van der Waals surface area contributed by atoms with Crippen LogP contribution >= 0.6 is 0 Å². The van der Waals surface area contributed by atoms with Gasteiger partial charge in [-0.05, 0) is 43.2 Å². The summed E-state index contributed by atoms with van der Waals surface area (Å²) in [6.45, 7) is 3.48. The van der Waals surface area contributed by atoms with Crippen molar-refractivity contribution in [3.8, 4) is 0 Å². The molecule has 1 saturated heterocycles. The van der Waals surface area contributed by atoms with Gasteiger partial charge in [-0.1, -0.05) is 6.58 Å². The Morgan fingerprint density at radius 1 is 1.38 bits per heavy atom. The number of hydrogen-bond donors (Lipinski definition) is 2. The van der Waals surface area contributed by atoms with E-state index in [0.717, 1.165) is 0 Å². The van der Waals surface area contributed by atoms with Crippen molar-refractivity contribution in [1.29, 1.82) is 0 Å². The lowest BCUT2D eigenvalue weighted by Gasteiger charge is -2.18. The van der Waals surface area contributed by atoms with E-state index in [0.29, 0.717) is 17.7 Å². The molecule has 2 rings (SSSR count). The summed E-state index contributed by atoms with van der Waals surface area (Å²) >= 11 is 0. The fraction of sp³-hybridized carbons (Fsp3) is 0.389. The Bertz CT molecular complexity index is 704. The minimum atomic E-state index is -3.36. The fourth-order valence-electron chi connectivity index (χ4n) is 2.62. The van der Waals surface area contributed by atoms with Gasteiger partial charge in [-0.15, -0.1) is 0 Å². The van der Waals surface area contributed by atoms with Gasteiger partial charge in [-0.25, -0.2) is 0 Å². The Kier molecular flexibility index (Phi) is 6.07. The van der Waals surface area contributed by atoms with Crippen LogP contribution < -0.4 is 15.5 Å². The van der Waals surface area contributed by atoms with Crippen molar-refractivity contribution in [2.45, 2.75) is 31.2 Å². The molecule has 0 bridgehead atoms. The Hall–Kier alpha value is -2.77. The first-order valence-electron chi connectivity index (χ1n) is 8.22. The molecule has 0 spiro atoms. The molecule has 0 saturated carbocycles. The summed E-state index contributed by atoms with van der Waals surface area (Å²) in [5.41, 5.74) is 0.961. The van der Waals surface area contributed by atoms with Gasteiger partial charge in [0.2, 0.25) is 5.91 Å². The predicted octanol–water partition coefficient (Wildman–Crippen LogP) is 1.87. The molecule has 8 heteroatoms. The van der Waals surface area contributed by atoms with Crippen LogP contribution in [0.25, 0.3) is 0 Å². The zero-order valence-corrected chi connectivity index (χ0v) is 14.4. The summed E-state index contributed by atoms with van der Waals surface area (Å²) in [5.74, 6) is -5.32. The van der Waals surface area contributed by atoms with Crippen LogP contribution in [-0.2, 0) is 9.59 Å². The lowest BCUT2D eigenvalue weighted by molar-refractivity contribution is -0.145. The highest BCUT2D eigenvalue weighted by atomic mass is 19.3. The molecule has 1 aromatic rings. The number of halogens is 2. The molecular formula is C18H21F2N3O3. The number of hydrogen-bond acceptors (Lipinski definition) is 3. The molecule has 0 aliphatic carbocycles. The molecule has 1 unspecified atom stereocenters. The van der Waals surface area contributed by atoms with Crippen molar-refractivity contribution in [2.24, 2.45) is 0 Å². The zero-order chi connectivity index (χ0) is 19.3. The minimum Gasteiger partial charge on any atom is -0.350 e. The van der Waals surface area contributed by atoms with E-state index in [1.807, 2.05) is 0 Å². The Morgan fingerprint density at radius 2 is 2.04 bits per heavy atom. The molecule has 1 atom stereocenters. The second-order valence-corrected chi connectivity index (χ2v) is 6.13. The van der Waals surface area contributed by atoms with Gasteiger partial charge in [0.25, 0.3) is 11.8 Å². The molecule has 1 aromatic carbocycles. The van der Waals surface area contributed by atoms with Gasteiger partial charge in [0.15, 0.2) is 0 Å². The van der Waals surface area contributed by atoms with Crippen LogP contribution in [0.1, 0.15) is 29.6 Å². The highest BCUT2D eigenvalue weighted by Crippen LogP contribution is 2.25. The second-order valence-electron chi connectivity index (χ2n) is 6.13. The topological polar surface area (TPSA) is 78.5 Å². The molecule has 1 fully saturated rings. The smallest absolute Gasteiger partial charge is 0.324 e. The first-order chi connectivity index (χ1) is 12.2. The Balaban J connectivity index is 1.93. The lowest BCUT2D eigenvalue weighted by atomic mass is 10.1. The molecule has 140 valence electrons. The molecule has 2 N–H and O–H groups in total. The van der Waals surface area contributed by atoms with E-state index in [2.05, 4.69) is 17.2 Å². The van der Waals surface area contributed by atoms with Crippen LogP contribution in [0.2, 0.25) is 0 Å². The number of likely N-dealkylation sites (N-methyl/N-ethyl adjacent to an activating group) is 1. The molecule has 6 nitrogen and oxygen atoms in total.